The van der Waals surface area contributed by atoms with Crippen molar-refractivity contribution in [2.24, 2.45) is 5.92 Å². The van der Waals surface area contributed by atoms with E-state index in [1.54, 1.807) is 6.92 Å². The zero-order valence-corrected chi connectivity index (χ0v) is 11.6. The van der Waals surface area contributed by atoms with Crippen LogP contribution in [0.3, 0.4) is 0 Å². The summed E-state index contributed by atoms with van der Waals surface area (Å²) in [4.78, 5) is 0. The van der Waals surface area contributed by atoms with Crippen LogP contribution in [0, 0.1) is 5.92 Å². The molecule has 2 aliphatic rings. The molecule has 0 aromatic carbocycles. The van der Waals surface area contributed by atoms with Gasteiger partial charge in [0.1, 0.15) is 5.76 Å². The standard InChI is InChI=1S/C13H20ClNO2/c1-7(2)15(4)6-5-9-10(14)12(16)8(3)13(17)11(9)15/h7,9,11H,5-6H2,1-4H3,(H-,16,17)/p+1. The van der Waals surface area contributed by atoms with Gasteiger partial charge in [0.05, 0.1) is 30.6 Å². The lowest BCUT2D eigenvalue weighted by molar-refractivity contribution is -0.938. The minimum atomic E-state index is -0.00148. The smallest absolute Gasteiger partial charge is 0.157 e. The molecule has 0 saturated carbocycles. The molecule has 1 aliphatic heterocycles. The highest BCUT2D eigenvalue weighted by molar-refractivity contribution is 6.30. The van der Waals surface area contributed by atoms with E-state index in [0.717, 1.165) is 17.4 Å². The van der Waals surface area contributed by atoms with E-state index in [4.69, 9.17) is 11.6 Å². The number of quaternary nitrogens is 1. The lowest BCUT2D eigenvalue weighted by atomic mass is 9.88. The van der Waals surface area contributed by atoms with Crippen LogP contribution >= 0.6 is 11.6 Å². The van der Waals surface area contributed by atoms with E-state index >= 15 is 0 Å². The Kier molecular flexibility index (Phi) is 2.95. The molecule has 2 rings (SSSR count). The number of likely N-dealkylation sites (N-methyl/N-ethyl adjacent to an activating group) is 1. The monoisotopic (exact) mass is 258 g/mol. The van der Waals surface area contributed by atoms with E-state index in [1.165, 1.54) is 0 Å². The summed E-state index contributed by atoms with van der Waals surface area (Å²) in [5.74, 6) is 0.445. The Morgan fingerprint density at radius 1 is 1.35 bits per heavy atom. The number of aliphatic hydroxyl groups excluding tert-OH is 2. The molecule has 0 aromatic heterocycles. The summed E-state index contributed by atoms with van der Waals surface area (Å²) >= 11 is 6.23. The molecule has 1 saturated heterocycles. The van der Waals surface area contributed by atoms with Crippen LogP contribution in [0.5, 0.6) is 0 Å². The minimum Gasteiger partial charge on any atom is -0.506 e. The molecule has 3 nitrogen and oxygen atoms in total. The van der Waals surface area contributed by atoms with Crippen molar-refractivity contribution < 1.29 is 14.7 Å². The highest BCUT2D eigenvalue weighted by atomic mass is 35.5. The predicted molar refractivity (Wildman–Crippen MR) is 68.9 cm³/mol. The van der Waals surface area contributed by atoms with E-state index in [2.05, 4.69) is 20.9 Å². The topological polar surface area (TPSA) is 40.5 Å². The number of likely N-dealkylation sites (tertiary alicyclic amines) is 1. The van der Waals surface area contributed by atoms with Crippen molar-refractivity contribution in [1.29, 1.82) is 0 Å². The molecular formula is C13H21ClNO2+. The van der Waals surface area contributed by atoms with Gasteiger partial charge >= 0.3 is 0 Å². The molecule has 0 radical (unpaired) electrons. The van der Waals surface area contributed by atoms with Crippen LogP contribution < -0.4 is 0 Å². The van der Waals surface area contributed by atoms with Gasteiger partial charge in [0.15, 0.2) is 11.8 Å². The van der Waals surface area contributed by atoms with Gasteiger partial charge in [-0.3, -0.25) is 0 Å². The van der Waals surface area contributed by atoms with Gasteiger partial charge in [0.25, 0.3) is 0 Å². The van der Waals surface area contributed by atoms with Crippen molar-refractivity contribution in [3.63, 3.8) is 0 Å². The number of nitrogens with zero attached hydrogens (tertiary/aromatic N) is 1. The van der Waals surface area contributed by atoms with Gasteiger partial charge in [-0.15, -0.1) is 0 Å². The Morgan fingerprint density at radius 3 is 2.47 bits per heavy atom. The average molecular weight is 259 g/mol. The maximum atomic E-state index is 10.3. The number of aliphatic hydroxyl groups is 2. The van der Waals surface area contributed by atoms with Crippen molar-refractivity contribution in [1.82, 2.24) is 0 Å². The summed E-state index contributed by atoms with van der Waals surface area (Å²) < 4.78 is 0.789. The molecule has 1 fully saturated rings. The summed E-state index contributed by atoms with van der Waals surface area (Å²) in [6.45, 7) is 7.04. The van der Waals surface area contributed by atoms with Crippen LogP contribution in [0.15, 0.2) is 22.1 Å². The predicted octanol–water partition coefficient (Wildman–Crippen LogP) is 3.08. The average Bonchev–Trinajstić information content (AvgIpc) is 2.63. The van der Waals surface area contributed by atoms with Gasteiger partial charge in [-0.25, -0.2) is 0 Å². The fourth-order valence-corrected chi connectivity index (χ4v) is 3.51. The zero-order valence-electron chi connectivity index (χ0n) is 10.9. The zero-order chi connectivity index (χ0) is 13.0. The second-order valence-corrected chi connectivity index (χ2v) is 6.12. The first-order valence-corrected chi connectivity index (χ1v) is 6.52. The molecule has 0 bridgehead atoms. The normalized spacial score (nSPS) is 38.0. The Labute approximate surface area is 108 Å². The van der Waals surface area contributed by atoms with Crippen molar-refractivity contribution in [3.05, 3.63) is 22.1 Å². The first-order valence-electron chi connectivity index (χ1n) is 6.14. The number of hydrogen-bond acceptors (Lipinski definition) is 2. The number of allylic oxidation sites excluding steroid dienone is 1. The van der Waals surface area contributed by atoms with Crippen LogP contribution in [0.2, 0.25) is 0 Å². The van der Waals surface area contributed by atoms with Gasteiger partial charge < -0.3 is 14.7 Å². The molecule has 1 aliphatic carbocycles. The van der Waals surface area contributed by atoms with Crippen molar-refractivity contribution in [2.75, 3.05) is 13.6 Å². The molecule has 2 N–H and O–H groups in total. The SMILES string of the molecule is CC1=C(O)C2C(CC[N+]2(C)C(C)C)C(Cl)=C1O. The van der Waals surface area contributed by atoms with Gasteiger partial charge in [-0.05, 0) is 20.8 Å². The second-order valence-electron chi connectivity index (χ2n) is 5.71. The maximum Gasteiger partial charge on any atom is 0.157 e. The van der Waals surface area contributed by atoms with Gasteiger partial charge in [-0.2, -0.15) is 0 Å². The van der Waals surface area contributed by atoms with E-state index < -0.39 is 0 Å². The summed E-state index contributed by atoms with van der Waals surface area (Å²) in [6, 6.07) is 0.419. The van der Waals surface area contributed by atoms with Gasteiger partial charge in [-0.1, -0.05) is 11.6 Å². The number of fused-ring (bicyclic) bond motifs is 1. The third-order valence-electron chi connectivity index (χ3n) is 4.69. The van der Waals surface area contributed by atoms with Crippen LogP contribution in [0.4, 0.5) is 0 Å². The Hall–Kier alpha value is -0.670. The van der Waals surface area contributed by atoms with Crippen LogP contribution in [-0.2, 0) is 0 Å². The van der Waals surface area contributed by atoms with Gasteiger partial charge in [0, 0.05) is 12.0 Å². The lowest BCUT2D eigenvalue weighted by Gasteiger charge is -2.42. The third-order valence-corrected chi connectivity index (χ3v) is 5.15. The highest BCUT2D eigenvalue weighted by Crippen LogP contribution is 2.46. The van der Waals surface area contributed by atoms with E-state index in [1.807, 2.05) is 0 Å². The van der Waals surface area contributed by atoms with E-state index in [9.17, 15) is 10.2 Å². The number of rotatable bonds is 1. The Bertz CT molecular complexity index is 414. The molecule has 0 aromatic rings. The van der Waals surface area contributed by atoms with E-state index in [-0.39, 0.29) is 17.7 Å². The molecule has 3 atom stereocenters. The van der Waals surface area contributed by atoms with Crippen LogP contribution in [0.25, 0.3) is 0 Å². The minimum absolute atomic E-state index is 0.00148. The highest BCUT2D eigenvalue weighted by Gasteiger charge is 2.53. The summed E-state index contributed by atoms with van der Waals surface area (Å²) in [7, 11) is 2.16. The molecule has 0 amide bonds. The van der Waals surface area contributed by atoms with Crippen molar-refractivity contribution in [2.45, 2.75) is 39.3 Å². The number of halogens is 1. The quantitative estimate of drug-likeness (QED) is 0.710. The first kappa shape index (κ1) is 12.8. The van der Waals surface area contributed by atoms with Gasteiger partial charge in [0.2, 0.25) is 0 Å². The van der Waals surface area contributed by atoms with Crippen molar-refractivity contribution >= 4 is 11.6 Å². The molecule has 0 spiro atoms. The molecule has 4 heteroatoms. The van der Waals surface area contributed by atoms with E-state index in [0.29, 0.717) is 22.4 Å². The number of hydrogen-bond donors (Lipinski definition) is 2. The molecule has 3 unspecified atom stereocenters. The fourth-order valence-electron chi connectivity index (χ4n) is 3.14. The summed E-state index contributed by atoms with van der Waals surface area (Å²) in [5, 5.41) is 20.7. The summed E-state index contributed by atoms with van der Waals surface area (Å²) in [6.07, 6.45) is 0.916. The molecule has 1 heterocycles. The molecule has 96 valence electrons. The van der Waals surface area contributed by atoms with Crippen LogP contribution in [-0.4, -0.2) is 40.4 Å². The largest absolute Gasteiger partial charge is 0.506 e. The Morgan fingerprint density at radius 2 is 1.94 bits per heavy atom. The second kappa shape index (κ2) is 3.92. The summed E-state index contributed by atoms with van der Waals surface area (Å²) in [5.41, 5.74) is 0.531. The maximum absolute atomic E-state index is 10.3. The molecule has 17 heavy (non-hydrogen) atoms. The first-order chi connectivity index (χ1) is 7.80. The third kappa shape index (κ3) is 1.59. The molecular weight excluding hydrogens is 238 g/mol. The lowest BCUT2D eigenvalue weighted by Crippen LogP contribution is -2.55. The fraction of sp³-hybridized carbons (Fsp3) is 0.692. The Balaban J connectivity index is 2.51. The van der Waals surface area contributed by atoms with Crippen molar-refractivity contribution in [3.8, 4) is 0 Å². The van der Waals surface area contributed by atoms with Crippen LogP contribution in [0.1, 0.15) is 27.2 Å².